The Labute approximate surface area is 137 Å². The molecule has 1 aromatic heterocycles. The van der Waals surface area contributed by atoms with Crippen molar-refractivity contribution < 1.29 is 9.21 Å². The van der Waals surface area contributed by atoms with Gasteiger partial charge in [-0.05, 0) is 52.1 Å². The van der Waals surface area contributed by atoms with Gasteiger partial charge in [-0.3, -0.25) is 4.90 Å². The van der Waals surface area contributed by atoms with Gasteiger partial charge in [-0.25, -0.2) is 9.78 Å². The molecule has 1 aliphatic carbocycles. The van der Waals surface area contributed by atoms with Crippen LogP contribution in [0.2, 0.25) is 0 Å². The Kier molecular flexibility index (Phi) is 4.01. The van der Waals surface area contributed by atoms with E-state index < -0.39 is 0 Å². The molecule has 0 spiro atoms. The van der Waals surface area contributed by atoms with Gasteiger partial charge >= 0.3 is 6.03 Å². The van der Waals surface area contributed by atoms with Crippen molar-refractivity contribution in [2.24, 2.45) is 0 Å². The molecule has 23 heavy (non-hydrogen) atoms. The second-order valence-electron chi connectivity index (χ2n) is 7.23. The summed E-state index contributed by atoms with van der Waals surface area (Å²) in [6.07, 6.45) is 7.78. The lowest BCUT2D eigenvalue weighted by Gasteiger charge is -2.24. The Bertz CT molecular complexity index is 563. The molecule has 1 saturated carbocycles. The van der Waals surface area contributed by atoms with Crippen LogP contribution < -0.4 is 5.32 Å². The molecule has 1 aromatic rings. The number of urea groups is 1. The first kappa shape index (κ1) is 15.0. The number of hydrogen-bond acceptors (Lipinski definition) is 4. The minimum Gasteiger partial charge on any atom is -0.444 e. The van der Waals surface area contributed by atoms with Crippen molar-refractivity contribution >= 4 is 6.03 Å². The Morgan fingerprint density at radius 2 is 2.17 bits per heavy atom. The number of likely N-dealkylation sites (tertiary alicyclic amines) is 2. The van der Waals surface area contributed by atoms with Crippen LogP contribution in [-0.2, 0) is 6.54 Å². The van der Waals surface area contributed by atoms with Crippen molar-refractivity contribution in [1.82, 2.24) is 20.1 Å². The second-order valence-corrected chi connectivity index (χ2v) is 7.23. The molecule has 1 N–H and O–H groups in total. The second kappa shape index (κ2) is 6.15. The number of rotatable bonds is 4. The van der Waals surface area contributed by atoms with Crippen LogP contribution in [0.25, 0.3) is 0 Å². The van der Waals surface area contributed by atoms with E-state index in [-0.39, 0.29) is 6.03 Å². The van der Waals surface area contributed by atoms with Crippen molar-refractivity contribution in [2.45, 2.75) is 63.6 Å². The lowest BCUT2D eigenvalue weighted by molar-refractivity contribution is 0.188. The molecule has 2 aliphatic heterocycles. The van der Waals surface area contributed by atoms with Gasteiger partial charge in [-0.15, -0.1) is 0 Å². The monoisotopic (exact) mass is 318 g/mol. The van der Waals surface area contributed by atoms with Crippen LogP contribution in [0.5, 0.6) is 0 Å². The first-order chi connectivity index (χ1) is 11.2. The maximum absolute atomic E-state index is 12.5. The molecule has 3 heterocycles. The summed E-state index contributed by atoms with van der Waals surface area (Å²) < 4.78 is 5.70. The summed E-state index contributed by atoms with van der Waals surface area (Å²) in [4.78, 5) is 21.3. The zero-order valence-corrected chi connectivity index (χ0v) is 13.8. The summed E-state index contributed by atoms with van der Waals surface area (Å²) in [5.41, 5.74) is 0. The fourth-order valence-electron chi connectivity index (χ4n) is 3.84. The van der Waals surface area contributed by atoms with Crippen LogP contribution in [0.1, 0.15) is 56.6 Å². The summed E-state index contributed by atoms with van der Waals surface area (Å²) in [5, 5.41) is 2.99. The van der Waals surface area contributed by atoms with Gasteiger partial charge in [0.1, 0.15) is 5.76 Å². The first-order valence-corrected chi connectivity index (χ1v) is 8.94. The number of oxazole rings is 1. The molecule has 3 aliphatic rings. The van der Waals surface area contributed by atoms with Crippen LogP contribution in [0.15, 0.2) is 10.6 Å². The summed E-state index contributed by atoms with van der Waals surface area (Å²) in [7, 11) is 0. The van der Waals surface area contributed by atoms with Gasteiger partial charge in [-0.2, -0.15) is 0 Å². The van der Waals surface area contributed by atoms with E-state index in [0.717, 1.165) is 24.6 Å². The summed E-state index contributed by atoms with van der Waals surface area (Å²) in [5.74, 6) is 2.10. The summed E-state index contributed by atoms with van der Waals surface area (Å²) in [6, 6.07) is 0.853. The quantitative estimate of drug-likeness (QED) is 0.925. The average Bonchev–Trinajstić information content (AvgIpc) is 2.96. The summed E-state index contributed by atoms with van der Waals surface area (Å²) >= 11 is 0. The van der Waals surface area contributed by atoms with E-state index in [9.17, 15) is 4.79 Å². The molecule has 2 amide bonds. The van der Waals surface area contributed by atoms with E-state index in [4.69, 9.17) is 4.42 Å². The highest BCUT2D eigenvalue weighted by molar-refractivity contribution is 5.74. The normalized spacial score (nSPS) is 28.5. The fourth-order valence-corrected chi connectivity index (χ4v) is 3.84. The maximum Gasteiger partial charge on any atom is 0.318 e. The van der Waals surface area contributed by atoms with E-state index >= 15 is 0 Å². The standard InChI is InChI=1S/C17H26N4O2/c1-12-8-14(20-6-2-3-7-20)11-21(12)17(22)19-10-15-9-18-16(23-15)13-4-5-13/h9,12-14H,2-8,10-11H2,1H3,(H,19,22)/t12-,14+/m0/s1. The zero-order valence-electron chi connectivity index (χ0n) is 13.8. The molecule has 6 heteroatoms. The third-order valence-corrected chi connectivity index (χ3v) is 5.38. The molecule has 3 fully saturated rings. The van der Waals surface area contributed by atoms with E-state index in [2.05, 4.69) is 22.1 Å². The number of carbonyl (C=O) groups is 1. The number of aromatic nitrogens is 1. The molecule has 6 nitrogen and oxygen atoms in total. The lowest BCUT2D eigenvalue weighted by atomic mass is 10.2. The number of hydrogen-bond donors (Lipinski definition) is 1. The van der Waals surface area contributed by atoms with Crippen LogP contribution in [0.4, 0.5) is 4.79 Å². The number of amides is 2. The highest BCUT2D eigenvalue weighted by Crippen LogP contribution is 2.39. The number of carbonyl (C=O) groups excluding carboxylic acids is 1. The van der Waals surface area contributed by atoms with E-state index in [1.807, 2.05) is 4.90 Å². The molecule has 2 saturated heterocycles. The van der Waals surface area contributed by atoms with Crippen LogP contribution in [0.3, 0.4) is 0 Å². The highest BCUT2D eigenvalue weighted by Gasteiger charge is 2.36. The number of nitrogens with zero attached hydrogens (tertiary/aromatic N) is 3. The maximum atomic E-state index is 12.5. The predicted octanol–water partition coefficient (Wildman–Crippen LogP) is 2.32. The molecular weight excluding hydrogens is 292 g/mol. The average molecular weight is 318 g/mol. The smallest absolute Gasteiger partial charge is 0.318 e. The zero-order chi connectivity index (χ0) is 15.8. The molecule has 0 bridgehead atoms. The molecule has 2 atom stereocenters. The van der Waals surface area contributed by atoms with Gasteiger partial charge in [0.15, 0.2) is 5.89 Å². The van der Waals surface area contributed by atoms with E-state index in [1.165, 1.54) is 38.8 Å². The van der Waals surface area contributed by atoms with Crippen molar-refractivity contribution in [2.75, 3.05) is 19.6 Å². The molecule has 126 valence electrons. The topological polar surface area (TPSA) is 61.6 Å². The molecular formula is C17H26N4O2. The Morgan fingerprint density at radius 3 is 2.91 bits per heavy atom. The minimum atomic E-state index is 0.0172. The van der Waals surface area contributed by atoms with Crippen molar-refractivity contribution in [3.63, 3.8) is 0 Å². The molecule has 0 radical (unpaired) electrons. The van der Waals surface area contributed by atoms with Gasteiger partial charge in [0.2, 0.25) is 0 Å². The van der Waals surface area contributed by atoms with Crippen LogP contribution in [-0.4, -0.2) is 52.5 Å². The van der Waals surface area contributed by atoms with Crippen molar-refractivity contribution in [1.29, 1.82) is 0 Å². The van der Waals surface area contributed by atoms with Gasteiger partial charge < -0.3 is 14.6 Å². The van der Waals surface area contributed by atoms with Gasteiger partial charge in [0, 0.05) is 24.5 Å². The van der Waals surface area contributed by atoms with Gasteiger partial charge in [0.25, 0.3) is 0 Å². The Hall–Kier alpha value is -1.56. The molecule has 0 aromatic carbocycles. The minimum absolute atomic E-state index is 0.0172. The van der Waals surface area contributed by atoms with E-state index in [1.54, 1.807) is 6.20 Å². The molecule has 0 unspecified atom stereocenters. The van der Waals surface area contributed by atoms with Gasteiger partial charge in [0.05, 0.1) is 12.7 Å². The predicted molar refractivity (Wildman–Crippen MR) is 86.1 cm³/mol. The van der Waals surface area contributed by atoms with Crippen LogP contribution in [0, 0.1) is 0 Å². The Balaban J connectivity index is 1.29. The Morgan fingerprint density at radius 1 is 1.39 bits per heavy atom. The highest BCUT2D eigenvalue weighted by atomic mass is 16.4. The van der Waals surface area contributed by atoms with Crippen molar-refractivity contribution in [3.05, 3.63) is 17.8 Å². The SMILES string of the molecule is C[C@H]1C[C@@H](N2CCCC2)CN1C(=O)NCc1cnc(C2CC2)o1. The van der Waals surface area contributed by atoms with Crippen molar-refractivity contribution in [3.8, 4) is 0 Å². The van der Waals surface area contributed by atoms with Gasteiger partial charge in [-0.1, -0.05) is 0 Å². The van der Waals surface area contributed by atoms with Crippen LogP contribution >= 0.6 is 0 Å². The lowest BCUT2D eigenvalue weighted by Crippen LogP contribution is -2.43. The third kappa shape index (κ3) is 3.22. The summed E-state index contributed by atoms with van der Waals surface area (Å²) in [6.45, 7) is 5.80. The van der Waals surface area contributed by atoms with E-state index in [0.29, 0.717) is 24.5 Å². The fraction of sp³-hybridized carbons (Fsp3) is 0.765. The largest absolute Gasteiger partial charge is 0.444 e. The third-order valence-electron chi connectivity index (χ3n) is 5.38. The number of nitrogens with one attached hydrogen (secondary N) is 1. The molecule has 4 rings (SSSR count). The first-order valence-electron chi connectivity index (χ1n) is 8.94.